The third kappa shape index (κ3) is 5.44. The highest BCUT2D eigenvalue weighted by atomic mass is 15.0. The van der Waals surface area contributed by atoms with E-state index in [1.54, 1.807) is 0 Å². The van der Waals surface area contributed by atoms with Crippen LogP contribution < -0.4 is 0 Å². The largest absolute Gasteiger partial charge is 0.308 e. The van der Waals surface area contributed by atoms with Gasteiger partial charge >= 0.3 is 0 Å². The molecule has 3 aliphatic rings. The van der Waals surface area contributed by atoms with Crippen LogP contribution in [0.25, 0.3) is 67.0 Å². The lowest BCUT2D eigenvalue weighted by Crippen LogP contribution is -2.39. The Hall–Kier alpha value is -6.72. The first-order valence-electron chi connectivity index (χ1n) is 20.5. The summed E-state index contributed by atoms with van der Waals surface area (Å²) in [4.78, 5) is 21.2. The van der Waals surface area contributed by atoms with Crippen LogP contribution in [0.1, 0.15) is 61.6 Å². The lowest BCUT2D eigenvalue weighted by atomic mass is 9.59. The highest BCUT2D eigenvalue weighted by molar-refractivity contribution is 6.19. The minimum atomic E-state index is -0.161. The summed E-state index contributed by atoms with van der Waals surface area (Å²) in [6, 6.07) is 47.1. The predicted octanol–water partition coefficient (Wildman–Crippen LogP) is 12.6. The van der Waals surface area contributed by atoms with Gasteiger partial charge in [-0.2, -0.15) is 0 Å². The van der Waals surface area contributed by atoms with Crippen molar-refractivity contribution < 1.29 is 0 Å². The minimum Gasteiger partial charge on any atom is -0.308 e. The van der Waals surface area contributed by atoms with Gasteiger partial charge in [0.15, 0.2) is 17.5 Å². The molecule has 5 aromatic carbocycles. The Kier molecular flexibility index (Phi) is 8.01. The van der Waals surface area contributed by atoms with Crippen LogP contribution in [0.2, 0.25) is 0 Å². The second kappa shape index (κ2) is 13.5. The van der Waals surface area contributed by atoms with Crippen LogP contribution in [0.5, 0.6) is 0 Å². The Balaban J connectivity index is 1.05. The predicted molar refractivity (Wildman–Crippen MR) is 238 cm³/mol. The van der Waals surface area contributed by atoms with Crippen molar-refractivity contribution in [2.24, 2.45) is 17.8 Å². The van der Waals surface area contributed by atoms with Crippen LogP contribution in [0, 0.1) is 17.8 Å². The van der Waals surface area contributed by atoms with E-state index in [-0.39, 0.29) is 17.3 Å². The molecule has 5 nitrogen and oxygen atoms in total. The second-order valence-electron chi connectivity index (χ2n) is 16.6. The molecule has 58 heavy (non-hydrogen) atoms. The molecule has 5 unspecified atom stereocenters. The quantitative estimate of drug-likeness (QED) is 0.176. The first-order valence-corrected chi connectivity index (χ1v) is 20.5. The van der Waals surface area contributed by atoms with Crippen molar-refractivity contribution in [1.82, 2.24) is 24.5 Å². The summed E-state index contributed by atoms with van der Waals surface area (Å²) >= 11 is 0. The fourth-order valence-electron chi connectivity index (χ4n) is 10.2. The molecular weight excluding hydrogens is 707 g/mol. The van der Waals surface area contributed by atoms with Crippen molar-refractivity contribution in [3.63, 3.8) is 0 Å². The number of para-hydroxylation sites is 3. The van der Waals surface area contributed by atoms with Gasteiger partial charge in [0.1, 0.15) is 0 Å². The Labute approximate surface area is 338 Å². The average Bonchev–Trinajstić information content (AvgIpc) is 3.62. The molecule has 0 spiro atoms. The SMILES string of the molecule is CC1C=C(c2nc(C3=CC4(C)c5ccccc5C=CC4C(C)C3)nc(-c3ccccc3)n2)C=CC1c1nc2ccccc2c2c1c1ccccc1n2-c1ccccc1. The standard InChI is InChI=1S/C53H43N5/c1-33-30-37(26-28-40(33)48-47-42-22-12-15-25-46(42)58(39-19-8-5-9-20-39)49(47)41-21-11-14-24-45(41)54-48)51-55-50(36-17-6-4-7-18-36)56-52(57-51)38-31-34(2)43-29-27-35-16-10-13-23-44(35)53(43,3)32-38/h4-30,32-34,40,43H,31H2,1-3H3. The van der Waals surface area contributed by atoms with Gasteiger partial charge in [-0.15, -0.1) is 0 Å². The second-order valence-corrected chi connectivity index (χ2v) is 16.6. The summed E-state index contributed by atoms with van der Waals surface area (Å²) in [5, 5.41) is 3.56. The topological polar surface area (TPSA) is 56.5 Å². The number of fused-ring (bicyclic) bond motifs is 8. The van der Waals surface area contributed by atoms with Gasteiger partial charge in [-0.1, -0.05) is 166 Å². The molecule has 5 atom stereocenters. The molecule has 3 aromatic heterocycles. The lowest BCUT2D eigenvalue weighted by molar-refractivity contribution is 0.299. The van der Waals surface area contributed by atoms with E-state index >= 15 is 0 Å². The van der Waals surface area contributed by atoms with E-state index in [9.17, 15) is 0 Å². The van der Waals surface area contributed by atoms with Crippen LogP contribution in [0.3, 0.4) is 0 Å². The Morgan fingerprint density at radius 1 is 0.638 bits per heavy atom. The zero-order valence-electron chi connectivity index (χ0n) is 32.9. The normalized spacial score (nSPS) is 22.5. The molecule has 0 saturated heterocycles. The van der Waals surface area contributed by atoms with Crippen molar-refractivity contribution in [2.45, 2.75) is 38.5 Å². The average molecular weight is 750 g/mol. The number of benzene rings is 5. The van der Waals surface area contributed by atoms with E-state index in [0.29, 0.717) is 23.5 Å². The van der Waals surface area contributed by atoms with Gasteiger partial charge in [0.25, 0.3) is 0 Å². The number of aromatic nitrogens is 5. The van der Waals surface area contributed by atoms with Crippen molar-refractivity contribution in [3.05, 3.63) is 192 Å². The summed E-state index contributed by atoms with van der Waals surface area (Å²) < 4.78 is 2.42. The third-order valence-corrected chi connectivity index (χ3v) is 12.9. The summed E-state index contributed by atoms with van der Waals surface area (Å²) in [6.45, 7) is 7.06. The molecule has 8 aromatic rings. The maximum atomic E-state index is 5.48. The monoisotopic (exact) mass is 749 g/mol. The maximum absolute atomic E-state index is 5.48. The number of rotatable bonds is 5. The van der Waals surface area contributed by atoms with Gasteiger partial charge in [0, 0.05) is 44.3 Å². The van der Waals surface area contributed by atoms with E-state index in [4.69, 9.17) is 19.9 Å². The van der Waals surface area contributed by atoms with Crippen LogP contribution >= 0.6 is 0 Å². The van der Waals surface area contributed by atoms with Crippen LogP contribution in [0.15, 0.2) is 164 Å². The lowest BCUT2D eigenvalue weighted by Gasteiger charge is -2.45. The van der Waals surface area contributed by atoms with E-state index in [2.05, 4.69) is 189 Å². The summed E-state index contributed by atoms with van der Waals surface area (Å²) in [5.74, 6) is 3.14. The molecule has 280 valence electrons. The smallest absolute Gasteiger partial charge is 0.164 e. The van der Waals surface area contributed by atoms with Crippen molar-refractivity contribution in [1.29, 1.82) is 0 Å². The zero-order chi connectivity index (χ0) is 39.0. The Bertz CT molecular complexity index is 3040. The van der Waals surface area contributed by atoms with E-state index < -0.39 is 0 Å². The molecule has 3 heterocycles. The van der Waals surface area contributed by atoms with Gasteiger partial charge in [0.2, 0.25) is 0 Å². The minimum absolute atomic E-state index is 0.0407. The molecular formula is C53H43N5. The molecule has 11 rings (SSSR count). The third-order valence-electron chi connectivity index (χ3n) is 12.9. The van der Waals surface area contributed by atoms with Gasteiger partial charge < -0.3 is 4.57 Å². The highest BCUT2D eigenvalue weighted by Gasteiger charge is 2.43. The summed E-state index contributed by atoms with van der Waals surface area (Å²) in [5.41, 5.74) is 11.3. The van der Waals surface area contributed by atoms with Gasteiger partial charge in [-0.05, 0) is 65.1 Å². The van der Waals surface area contributed by atoms with Gasteiger partial charge in [-0.3, -0.25) is 4.98 Å². The molecule has 0 radical (unpaired) electrons. The van der Waals surface area contributed by atoms with Crippen molar-refractivity contribution in [3.8, 4) is 17.1 Å². The molecule has 5 heteroatoms. The first-order chi connectivity index (χ1) is 28.4. The summed E-state index contributed by atoms with van der Waals surface area (Å²) in [7, 11) is 0. The van der Waals surface area contributed by atoms with Crippen molar-refractivity contribution in [2.75, 3.05) is 0 Å². The molecule has 0 bridgehead atoms. The summed E-state index contributed by atoms with van der Waals surface area (Å²) in [6.07, 6.45) is 15.0. The molecule has 0 amide bonds. The maximum Gasteiger partial charge on any atom is 0.164 e. The van der Waals surface area contributed by atoms with Crippen molar-refractivity contribution >= 4 is 49.9 Å². The zero-order valence-corrected chi connectivity index (χ0v) is 32.9. The molecule has 3 aliphatic carbocycles. The number of allylic oxidation sites excluding steroid dienone is 7. The van der Waals surface area contributed by atoms with Gasteiger partial charge in [-0.25, -0.2) is 15.0 Å². The molecule has 0 saturated carbocycles. The molecule has 0 aliphatic heterocycles. The fourth-order valence-corrected chi connectivity index (χ4v) is 10.2. The Morgan fingerprint density at radius 3 is 2.16 bits per heavy atom. The van der Waals surface area contributed by atoms with Gasteiger partial charge in [0.05, 0.1) is 22.2 Å². The number of hydrogen-bond acceptors (Lipinski definition) is 4. The van der Waals surface area contributed by atoms with Crippen LogP contribution in [0.4, 0.5) is 0 Å². The van der Waals surface area contributed by atoms with E-state index in [0.717, 1.165) is 45.7 Å². The number of nitrogens with zero attached hydrogens (tertiary/aromatic N) is 5. The van der Waals surface area contributed by atoms with E-state index in [1.165, 1.54) is 38.5 Å². The van der Waals surface area contributed by atoms with E-state index in [1.807, 2.05) is 6.07 Å². The first kappa shape index (κ1) is 34.5. The van der Waals surface area contributed by atoms with Crippen LogP contribution in [-0.4, -0.2) is 24.5 Å². The molecule has 0 fully saturated rings. The van der Waals surface area contributed by atoms with Crippen LogP contribution in [-0.2, 0) is 5.41 Å². The fraction of sp³-hybridized carbons (Fsp3) is 0.170. The highest BCUT2D eigenvalue weighted by Crippen LogP contribution is 2.51. The molecule has 0 N–H and O–H groups in total. The Morgan fingerprint density at radius 2 is 1.33 bits per heavy atom. The number of pyridine rings is 1. The number of hydrogen-bond donors (Lipinski definition) is 0.